The Hall–Kier alpha value is -1.51. The van der Waals surface area contributed by atoms with Crippen molar-refractivity contribution in [3.8, 4) is 0 Å². The Morgan fingerprint density at radius 2 is 2.29 bits per heavy atom. The third kappa shape index (κ3) is 2.43. The number of nitrogens with two attached hydrogens (primary N) is 1. The van der Waals surface area contributed by atoms with E-state index in [2.05, 4.69) is 6.92 Å². The fourth-order valence-electron chi connectivity index (χ4n) is 2.34. The van der Waals surface area contributed by atoms with Crippen LogP contribution >= 0.6 is 0 Å². The number of anilines is 1. The zero-order chi connectivity index (χ0) is 12.4. The summed E-state index contributed by atoms with van der Waals surface area (Å²) in [6.07, 6.45) is 2.29. The summed E-state index contributed by atoms with van der Waals surface area (Å²) in [6.45, 7) is 5.91. The summed E-state index contributed by atoms with van der Waals surface area (Å²) in [7, 11) is 0. The molecule has 0 spiro atoms. The van der Waals surface area contributed by atoms with E-state index in [1.54, 1.807) is 0 Å². The molecule has 1 amide bonds. The smallest absolute Gasteiger partial charge is 0.253 e. The number of rotatable bonds is 2. The van der Waals surface area contributed by atoms with E-state index in [9.17, 15) is 4.79 Å². The number of aryl methyl sites for hydroxylation is 1. The molecule has 0 bridgehead atoms. The third-order valence-electron chi connectivity index (χ3n) is 3.67. The van der Waals surface area contributed by atoms with Crippen molar-refractivity contribution in [1.82, 2.24) is 4.90 Å². The number of amides is 1. The van der Waals surface area contributed by atoms with Gasteiger partial charge in [-0.1, -0.05) is 13.3 Å². The molecule has 1 atom stereocenters. The minimum absolute atomic E-state index is 0.143. The van der Waals surface area contributed by atoms with E-state index >= 15 is 0 Å². The number of nitrogens with zero attached hydrogens (tertiary/aromatic N) is 1. The zero-order valence-electron chi connectivity index (χ0n) is 10.6. The minimum Gasteiger partial charge on any atom is -0.399 e. The second kappa shape index (κ2) is 4.78. The number of likely N-dealkylation sites (tertiary alicyclic amines) is 1. The number of hydrogen-bond donors (Lipinski definition) is 1. The van der Waals surface area contributed by atoms with Gasteiger partial charge in [-0.05, 0) is 43.0 Å². The van der Waals surface area contributed by atoms with Crippen LogP contribution in [0, 0.1) is 12.8 Å². The van der Waals surface area contributed by atoms with Crippen LogP contribution in [0.1, 0.15) is 35.7 Å². The molecular formula is C14H20N2O. The fraction of sp³-hybridized carbons (Fsp3) is 0.500. The summed E-state index contributed by atoms with van der Waals surface area (Å²) in [4.78, 5) is 14.2. The number of carbonyl (C=O) groups excluding carboxylic acids is 1. The quantitative estimate of drug-likeness (QED) is 0.796. The fourth-order valence-corrected chi connectivity index (χ4v) is 2.34. The molecule has 17 heavy (non-hydrogen) atoms. The molecule has 1 aromatic carbocycles. The van der Waals surface area contributed by atoms with Gasteiger partial charge < -0.3 is 10.6 Å². The maximum Gasteiger partial charge on any atom is 0.253 e. The monoisotopic (exact) mass is 232 g/mol. The number of nitrogen functional groups attached to an aromatic ring is 1. The van der Waals surface area contributed by atoms with E-state index in [4.69, 9.17) is 5.73 Å². The van der Waals surface area contributed by atoms with Crippen LogP contribution in [-0.4, -0.2) is 23.9 Å². The average Bonchev–Trinajstić information content (AvgIpc) is 2.80. The summed E-state index contributed by atoms with van der Waals surface area (Å²) in [5.41, 5.74) is 8.24. The van der Waals surface area contributed by atoms with E-state index in [1.807, 2.05) is 30.0 Å². The second-order valence-corrected chi connectivity index (χ2v) is 4.89. The average molecular weight is 232 g/mol. The third-order valence-corrected chi connectivity index (χ3v) is 3.67. The van der Waals surface area contributed by atoms with Gasteiger partial charge in [0.25, 0.3) is 5.91 Å². The maximum absolute atomic E-state index is 12.3. The molecule has 2 N–H and O–H groups in total. The first kappa shape index (κ1) is 12.0. The van der Waals surface area contributed by atoms with Gasteiger partial charge in [-0.15, -0.1) is 0 Å². The van der Waals surface area contributed by atoms with E-state index in [1.165, 1.54) is 0 Å². The number of benzene rings is 1. The highest BCUT2D eigenvalue weighted by Gasteiger charge is 2.25. The summed E-state index contributed by atoms with van der Waals surface area (Å²) in [5, 5.41) is 0. The Kier molecular flexibility index (Phi) is 3.36. The van der Waals surface area contributed by atoms with Crippen molar-refractivity contribution < 1.29 is 4.79 Å². The topological polar surface area (TPSA) is 46.3 Å². The van der Waals surface area contributed by atoms with Crippen LogP contribution < -0.4 is 5.73 Å². The number of hydrogen-bond acceptors (Lipinski definition) is 2. The molecule has 2 rings (SSSR count). The van der Waals surface area contributed by atoms with E-state index in [0.29, 0.717) is 5.92 Å². The highest BCUT2D eigenvalue weighted by Crippen LogP contribution is 2.22. The van der Waals surface area contributed by atoms with Gasteiger partial charge in [0.2, 0.25) is 0 Å². The zero-order valence-corrected chi connectivity index (χ0v) is 10.6. The van der Waals surface area contributed by atoms with Gasteiger partial charge in [0.05, 0.1) is 0 Å². The van der Waals surface area contributed by atoms with Crippen LogP contribution in [0.25, 0.3) is 0 Å². The Bertz CT molecular complexity index is 428. The normalized spacial score (nSPS) is 19.6. The van der Waals surface area contributed by atoms with Crippen LogP contribution in [-0.2, 0) is 0 Å². The molecule has 1 aliphatic heterocycles. The van der Waals surface area contributed by atoms with Crippen molar-refractivity contribution in [3.05, 3.63) is 29.3 Å². The Morgan fingerprint density at radius 1 is 1.53 bits per heavy atom. The van der Waals surface area contributed by atoms with E-state index in [0.717, 1.165) is 42.7 Å². The maximum atomic E-state index is 12.3. The molecule has 1 aliphatic rings. The SMILES string of the molecule is CCC1CCN(C(=O)c2ccc(N)c(C)c2)C1. The lowest BCUT2D eigenvalue weighted by molar-refractivity contribution is 0.0787. The van der Waals surface area contributed by atoms with Gasteiger partial charge in [-0.3, -0.25) is 4.79 Å². The van der Waals surface area contributed by atoms with Crippen LogP contribution in [0.15, 0.2) is 18.2 Å². The molecular weight excluding hydrogens is 212 g/mol. The van der Waals surface area contributed by atoms with E-state index < -0.39 is 0 Å². The lowest BCUT2D eigenvalue weighted by atomic mass is 10.1. The van der Waals surface area contributed by atoms with Crippen LogP contribution in [0.4, 0.5) is 5.69 Å². The Morgan fingerprint density at radius 3 is 2.88 bits per heavy atom. The first-order chi connectivity index (χ1) is 8.11. The molecule has 3 heteroatoms. The molecule has 0 saturated carbocycles. The molecule has 1 aromatic rings. The number of carbonyl (C=O) groups is 1. The van der Waals surface area contributed by atoms with Crippen molar-refractivity contribution in [1.29, 1.82) is 0 Å². The standard InChI is InChI=1S/C14H20N2O/c1-3-11-6-7-16(9-11)14(17)12-4-5-13(15)10(2)8-12/h4-5,8,11H,3,6-7,9,15H2,1-2H3. The summed E-state index contributed by atoms with van der Waals surface area (Å²) >= 11 is 0. The molecule has 0 aromatic heterocycles. The minimum atomic E-state index is 0.143. The predicted molar refractivity (Wildman–Crippen MR) is 69.9 cm³/mol. The Labute approximate surface area is 103 Å². The lowest BCUT2D eigenvalue weighted by Gasteiger charge is -2.16. The van der Waals surface area contributed by atoms with Crippen molar-refractivity contribution >= 4 is 11.6 Å². The Balaban J connectivity index is 2.12. The molecule has 3 nitrogen and oxygen atoms in total. The largest absolute Gasteiger partial charge is 0.399 e. The lowest BCUT2D eigenvalue weighted by Crippen LogP contribution is -2.28. The molecule has 0 aliphatic carbocycles. The highest BCUT2D eigenvalue weighted by molar-refractivity contribution is 5.95. The molecule has 0 radical (unpaired) electrons. The van der Waals surface area contributed by atoms with Crippen molar-refractivity contribution in [2.24, 2.45) is 5.92 Å². The van der Waals surface area contributed by atoms with E-state index in [-0.39, 0.29) is 5.91 Å². The highest BCUT2D eigenvalue weighted by atomic mass is 16.2. The van der Waals surface area contributed by atoms with Crippen LogP contribution in [0.5, 0.6) is 0 Å². The van der Waals surface area contributed by atoms with Gasteiger partial charge >= 0.3 is 0 Å². The van der Waals surface area contributed by atoms with Gasteiger partial charge in [0.15, 0.2) is 0 Å². The second-order valence-electron chi connectivity index (χ2n) is 4.89. The predicted octanol–water partition coefficient (Wildman–Crippen LogP) is 2.45. The first-order valence-corrected chi connectivity index (χ1v) is 6.27. The van der Waals surface area contributed by atoms with Crippen LogP contribution in [0.2, 0.25) is 0 Å². The summed E-state index contributed by atoms with van der Waals surface area (Å²) < 4.78 is 0. The van der Waals surface area contributed by atoms with Crippen LogP contribution in [0.3, 0.4) is 0 Å². The summed E-state index contributed by atoms with van der Waals surface area (Å²) in [6, 6.07) is 5.52. The molecule has 1 fully saturated rings. The van der Waals surface area contributed by atoms with Gasteiger partial charge in [-0.25, -0.2) is 0 Å². The van der Waals surface area contributed by atoms with Crippen molar-refractivity contribution in [2.75, 3.05) is 18.8 Å². The van der Waals surface area contributed by atoms with Crippen molar-refractivity contribution in [3.63, 3.8) is 0 Å². The van der Waals surface area contributed by atoms with Gasteiger partial charge in [0, 0.05) is 24.3 Å². The molecule has 1 unspecified atom stereocenters. The molecule has 1 saturated heterocycles. The van der Waals surface area contributed by atoms with Gasteiger partial charge in [-0.2, -0.15) is 0 Å². The molecule has 92 valence electrons. The first-order valence-electron chi connectivity index (χ1n) is 6.27. The summed E-state index contributed by atoms with van der Waals surface area (Å²) in [5.74, 6) is 0.817. The molecule has 1 heterocycles. The van der Waals surface area contributed by atoms with Crippen molar-refractivity contribution in [2.45, 2.75) is 26.7 Å². The van der Waals surface area contributed by atoms with Gasteiger partial charge in [0.1, 0.15) is 0 Å².